The summed E-state index contributed by atoms with van der Waals surface area (Å²) in [6, 6.07) is 6.08. The molecule has 1 saturated heterocycles. The molecule has 1 atom stereocenters. The molecule has 1 aliphatic carbocycles. The van der Waals surface area contributed by atoms with Gasteiger partial charge in [0.2, 0.25) is 5.91 Å². The van der Waals surface area contributed by atoms with Crippen LogP contribution in [0.4, 0.5) is 5.69 Å². The Morgan fingerprint density at radius 3 is 2.80 bits per heavy atom. The molecule has 0 aromatic heterocycles. The molecule has 5 heteroatoms. The number of amides is 2. The molecule has 2 heterocycles. The highest BCUT2D eigenvalue weighted by molar-refractivity contribution is 5.95. The van der Waals surface area contributed by atoms with Gasteiger partial charge in [-0.25, -0.2) is 0 Å². The molecule has 25 heavy (non-hydrogen) atoms. The maximum Gasteiger partial charge on any atom is 0.251 e. The zero-order valence-electron chi connectivity index (χ0n) is 15.2. The quantitative estimate of drug-likeness (QED) is 0.917. The normalized spacial score (nSPS) is 25.2. The van der Waals surface area contributed by atoms with E-state index in [1.54, 1.807) is 6.92 Å². The van der Waals surface area contributed by atoms with Crippen molar-refractivity contribution in [3.05, 3.63) is 29.3 Å². The molecule has 3 aliphatic rings. The van der Waals surface area contributed by atoms with Crippen LogP contribution in [0.3, 0.4) is 0 Å². The lowest BCUT2D eigenvalue weighted by molar-refractivity contribution is -0.130. The van der Waals surface area contributed by atoms with Gasteiger partial charge in [0, 0.05) is 56.8 Å². The number of nitrogens with zero attached hydrogens (tertiary/aromatic N) is 2. The minimum atomic E-state index is -0.0409. The minimum Gasteiger partial charge on any atom is -0.373 e. The van der Waals surface area contributed by atoms with Gasteiger partial charge in [0.25, 0.3) is 5.91 Å². The van der Waals surface area contributed by atoms with E-state index in [0.717, 1.165) is 44.6 Å². The van der Waals surface area contributed by atoms with Crippen molar-refractivity contribution in [1.82, 2.24) is 10.2 Å². The number of likely N-dealkylation sites (tertiary alicyclic amines) is 1. The monoisotopic (exact) mass is 341 g/mol. The molecule has 2 amide bonds. The van der Waals surface area contributed by atoms with E-state index >= 15 is 0 Å². The van der Waals surface area contributed by atoms with E-state index < -0.39 is 0 Å². The highest BCUT2D eigenvalue weighted by Gasteiger charge is 2.45. The van der Waals surface area contributed by atoms with Crippen molar-refractivity contribution in [3.63, 3.8) is 0 Å². The third-order valence-electron chi connectivity index (χ3n) is 6.05. The Morgan fingerprint density at radius 1 is 1.28 bits per heavy atom. The number of benzene rings is 1. The number of likely N-dealkylation sites (N-methyl/N-ethyl adjacent to an activating group) is 1. The molecule has 2 aliphatic heterocycles. The van der Waals surface area contributed by atoms with Gasteiger partial charge in [0.15, 0.2) is 0 Å². The predicted molar refractivity (Wildman–Crippen MR) is 97.9 cm³/mol. The number of carbonyl (C=O) groups is 2. The summed E-state index contributed by atoms with van der Waals surface area (Å²) in [5, 5.41) is 3.06. The van der Waals surface area contributed by atoms with Crippen molar-refractivity contribution < 1.29 is 9.59 Å². The van der Waals surface area contributed by atoms with Crippen LogP contribution in [0.1, 0.15) is 48.5 Å². The van der Waals surface area contributed by atoms with Gasteiger partial charge in [-0.05, 0) is 55.4 Å². The lowest BCUT2D eigenvalue weighted by Crippen LogP contribution is -2.49. The van der Waals surface area contributed by atoms with Gasteiger partial charge in [-0.15, -0.1) is 0 Å². The Kier molecular flexibility index (Phi) is 3.97. The van der Waals surface area contributed by atoms with Crippen LogP contribution < -0.4 is 10.2 Å². The fourth-order valence-electron chi connectivity index (χ4n) is 4.47. The number of hydrogen-bond acceptors (Lipinski definition) is 3. The molecule has 2 fully saturated rings. The Bertz CT molecular complexity index is 713. The SMILES string of the molecule is CC(=O)N1CCCC2(C1)CN(C)c1ccc(C(=O)NCC3CC3)cc12. The van der Waals surface area contributed by atoms with Gasteiger partial charge >= 0.3 is 0 Å². The van der Waals surface area contributed by atoms with Gasteiger partial charge in [-0.2, -0.15) is 0 Å². The molecule has 1 unspecified atom stereocenters. The first-order valence-electron chi connectivity index (χ1n) is 9.38. The molecule has 1 N–H and O–H groups in total. The van der Waals surface area contributed by atoms with Gasteiger partial charge < -0.3 is 15.1 Å². The third-order valence-corrected chi connectivity index (χ3v) is 6.05. The summed E-state index contributed by atoms with van der Waals surface area (Å²) < 4.78 is 0. The molecule has 1 aromatic carbocycles. The number of hydrogen-bond donors (Lipinski definition) is 1. The number of anilines is 1. The molecule has 4 rings (SSSR count). The summed E-state index contributed by atoms with van der Waals surface area (Å²) in [5.41, 5.74) is 3.14. The van der Waals surface area contributed by atoms with Crippen LogP contribution in [0.15, 0.2) is 18.2 Å². The first kappa shape index (κ1) is 16.4. The van der Waals surface area contributed by atoms with Crippen molar-refractivity contribution in [3.8, 4) is 0 Å². The zero-order chi connectivity index (χ0) is 17.6. The third kappa shape index (κ3) is 3.00. The largest absolute Gasteiger partial charge is 0.373 e. The maximum atomic E-state index is 12.5. The van der Waals surface area contributed by atoms with E-state index in [2.05, 4.69) is 29.4 Å². The molecular formula is C20H27N3O2. The van der Waals surface area contributed by atoms with Crippen molar-refractivity contribution in [2.45, 2.75) is 38.0 Å². The second-order valence-corrected chi connectivity index (χ2v) is 8.07. The summed E-state index contributed by atoms with van der Waals surface area (Å²) in [4.78, 5) is 28.7. The van der Waals surface area contributed by atoms with Gasteiger partial charge in [0.1, 0.15) is 0 Å². The summed E-state index contributed by atoms with van der Waals surface area (Å²) in [5.74, 6) is 0.852. The molecule has 1 saturated carbocycles. The lowest BCUT2D eigenvalue weighted by Gasteiger charge is -2.40. The van der Waals surface area contributed by atoms with Crippen molar-refractivity contribution >= 4 is 17.5 Å². The molecular weight excluding hydrogens is 314 g/mol. The number of rotatable bonds is 3. The lowest BCUT2D eigenvalue weighted by atomic mass is 9.75. The Labute approximate surface area is 149 Å². The van der Waals surface area contributed by atoms with Crippen LogP contribution in [-0.4, -0.2) is 49.9 Å². The summed E-state index contributed by atoms with van der Waals surface area (Å²) in [6.07, 6.45) is 4.56. The second-order valence-electron chi connectivity index (χ2n) is 8.07. The van der Waals surface area contributed by atoms with Crippen molar-refractivity contribution in [1.29, 1.82) is 0 Å². The van der Waals surface area contributed by atoms with Gasteiger partial charge in [-0.3, -0.25) is 9.59 Å². The predicted octanol–water partition coefficient (Wildman–Crippen LogP) is 2.16. The summed E-state index contributed by atoms with van der Waals surface area (Å²) >= 11 is 0. The zero-order valence-corrected chi connectivity index (χ0v) is 15.2. The van der Waals surface area contributed by atoms with E-state index in [1.165, 1.54) is 24.1 Å². The molecule has 0 radical (unpaired) electrons. The number of nitrogens with one attached hydrogen (secondary N) is 1. The molecule has 0 bridgehead atoms. The molecule has 134 valence electrons. The van der Waals surface area contributed by atoms with Crippen molar-refractivity contribution in [2.24, 2.45) is 5.92 Å². The fraction of sp³-hybridized carbons (Fsp3) is 0.600. The average Bonchev–Trinajstić information content (AvgIpc) is 3.39. The van der Waals surface area contributed by atoms with E-state index in [0.29, 0.717) is 5.92 Å². The Balaban J connectivity index is 1.62. The Hall–Kier alpha value is -2.04. The van der Waals surface area contributed by atoms with E-state index in [1.807, 2.05) is 11.0 Å². The first-order chi connectivity index (χ1) is 12.0. The summed E-state index contributed by atoms with van der Waals surface area (Å²) in [7, 11) is 2.10. The standard InChI is InChI=1S/C20H27N3O2/c1-14(24)23-9-3-8-20(13-23)12-22(2)18-7-6-16(10-17(18)20)19(25)21-11-15-4-5-15/h6-7,10,15H,3-5,8-9,11-13H2,1-2H3,(H,21,25). The number of carbonyl (C=O) groups excluding carboxylic acids is 2. The van der Waals surface area contributed by atoms with Crippen LogP contribution in [-0.2, 0) is 10.2 Å². The topological polar surface area (TPSA) is 52.7 Å². The highest BCUT2D eigenvalue weighted by Crippen LogP contribution is 2.45. The van der Waals surface area contributed by atoms with E-state index in [9.17, 15) is 9.59 Å². The van der Waals surface area contributed by atoms with Gasteiger partial charge in [-0.1, -0.05) is 0 Å². The smallest absolute Gasteiger partial charge is 0.251 e. The number of fused-ring (bicyclic) bond motifs is 2. The van der Waals surface area contributed by atoms with Crippen LogP contribution in [0.5, 0.6) is 0 Å². The fourth-order valence-corrected chi connectivity index (χ4v) is 4.47. The van der Waals surface area contributed by atoms with E-state index in [-0.39, 0.29) is 17.2 Å². The van der Waals surface area contributed by atoms with Gasteiger partial charge in [0.05, 0.1) is 0 Å². The van der Waals surface area contributed by atoms with Crippen LogP contribution in [0.2, 0.25) is 0 Å². The van der Waals surface area contributed by atoms with Crippen LogP contribution in [0.25, 0.3) is 0 Å². The maximum absolute atomic E-state index is 12.5. The molecule has 1 aromatic rings. The minimum absolute atomic E-state index is 0.0265. The second kappa shape index (κ2) is 6.04. The average molecular weight is 341 g/mol. The van der Waals surface area contributed by atoms with Crippen LogP contribution >= 0.6 is 0 Å². The van der Waals surface area contributed by atoms with E-state index in [4.69, 9.17) is 0 Å². The Morgan fingerprint density at radius 2 is 2.08 bits per heavy atom. The number of piperidine rings is 1. The molecule has 5 nitrogen and oxygen atoms in total. The van der Waals surface area contributed by atoms with Crippen molar-refractivity contribution in [2.75, 3.05) is 38.1 Å². The van der Waals surface area contributed by atoms with Crippen LogP contribution in [0, 0.1) is 5.92 Å². The summed E-state index contributed by atoms with van der Waals surface area (Å²) in [6.45, 7) is 4.96. The highest BCUT2D eigenvalue weighted by atomic mass is 16.2. The first-order valence-corrected chi connectivity index (χ1v) is 9.38. The molecule has 1 spiro atoms.